The van der Waals surface area contributed by atoms with Gasteiger partial charge in [-0.15, -0.1) is 11.3 Å². The van der Waals surface area contributed by atoms with Crippen molar-refractivity contribution in [2.24, 2.45) is 5.73 Å². The predicted octanol–water partition coefficient (Wildman–Crippen LogP) is 2.80. The summed E-state index contributed by atoms with van der Waals surface area (Å²) >= 11 is 5.17. The highest BCUT2D eigenvalue weighted by Gasteiger charge is 2.13. The maximum Gasteiger partial charge on any atom is 0.0892 e. The Morgan fingerprint density at radius 1 is 1.39 bits per heavy atom. The number of aromatic nitrogens is 3. The molecule has 3 aromatic rings. The summed E-state index contributed by atoms with van der Waals surface area (Å²) in [6.45, 7) is 0. The van der Waals surface area contributed by atoms with Crippen LogP contribution in [0.2, 0.25) is 0 Å². The van der Waals surface area contributed by atoms with E-state index in [1.54, 1.807) is 28.2 Å². The summed E-state index contributed by atoms with van der Waals surface area (Å²) < 4.78 is 2.93. The van der Waals surface area contributed by atoms with Gasteiger partial charge in [0.1, 0.15) is 0 Å². The van der Waals surface area contributed by atoms with E-state index in [4.69, 9.17) is 5.73 Å². The van der Waals surface area contributed by atoms with Gasteiger partial charge in [0.05, 0.1) is 21.7 Å². The van der Waals surface area contributed by atoms with Crippen LogP contribution in [-0.4, -0.2) is 14.6 Å². The predicted molar refractivity (Wildman–Crippen MR) is 75.6 cm³/mol. The lowest BCUT2D eigenvalue weighted by atomic mass is 10.1. The number of thiophene rings is 1. The normalized spacial score (nSPS) is 13.0. The van der Waals surface area contributed by atoms with E-state index in [1.807, 2.05) is 18.5 Å². The van der Waals surface area contributed by atoms with Crippen LogP contribution in [0.15, 0.2) is 40.7 Å². The summed E-state index contributed by atoms with van der Waals surface area (Å²) in [4.78, 5) is 5.38. The second-order valence-electron chi connectivity index (χ2n) is 4.02. The number of nitrogens with zero attached hydrogens (tertiary/aromatic N) is 3. The van der Waals surface area contributed by atoms with E-state index >= 15 is 0 Å². The molecule has 0 aromatic carbocycles. The van der Waals surface area contributed by atoms with Gasteiger partial charge in [0.15, 0.2) is 0 Å². The van der Waals surface area contributed by atoms with Crippen molar-refractivity contribution < 1.29 is 0 Å². The molecule has 1 atom stereocenters. The molecule has 3 aromatic heterocycles. The molecule has 4 nitrogen and oxygen atoms in total. The van der Waals surface area contributed by atoms with Gasteiger partial charge >= 0.3 is 0 Å². The third-order valence-corrected chi connectivity index (χ3v) is 4.45. The first-order valence-electron chi connectivity index (χ1n) is 5.51. The van der Waals surface area contributed by atoms with Gasteiger partial charge in [-0.2, -0.15) is 5.10 Å². The molecule has 3 heterocycles. The van der Waals surface area contributed by atoms with Crippen molar-refractivity contribution in [1.82, 2.24) is 14.6 Å². The van der Waals surface area contributed by atoms with Gasteiger partial charge in [-0.25, -0.2) is 4.52 Å². The second-order valence-corrected chi connectivity index (χ2v) is 6.57. The molecular weight excluding hydrogens is 312 g/mol. The minimum atomic E-state index is -0.0581. The van der Waals surface area contributed by atoms with Crippen LogP contribution in [-0.2, 0) is 6.42 Å². The van der Waals surface area contributed by atoms with Crippen molar-refractivity contribution in [2.45, 2.75) is 12.5 Å². The highest BCUT2D eigenvalue weighted by atomic mass is 79.9. The quantitative estimate of drug-likeness (QED) is 0.806. The number of fused-ring (bicyclic) bond motifs is 1. The van der Waals surface area contributed by atoms with Crippen molar-refractivity contribution in [3.05, 3.63) is 51.1 Å². The Kier molecular flexibility index (Phi) is 3.15. The Morgan fingerprint density at radius 3 is 3.06 bits per heavy atom. The van der Waals surface area contributed by atoms with Gasteiger partial charge in [-0.05, 0) is 28.1 Å². The van der Waals surface area contributed by atoms with E-state index in [0.717, 1.165) is 21.3 Å². The zero-order chi connectivity index (χ0) is 12.5. The number of nitrogens with two attached hydrogens (primary N) is 1. The molecule has 0 radical (unpaired) electrons. The topological polar surface area (TPSA) is 56.2 Å². The van der Waals surface area contributed by atoms with Crippen LogP contribution in [0.25, 0.3) is 5.52 Å². The molecule has 0 spiro atoms. The smallest absolute Gasteiger partial charge is 0.0892 e. The van der Waals surface area contributed by atoms with Crippen molar-refractivity contribution in [3.8, 4) is 0 Å². The van der Waals surface area contributed by atoms with Gasteiger partial charge < -0.3 is 5.73 Å². The number of hydrogen-bond donors (Lipinski definition) is 1. The summed E-state index contributed by atoms with van der Waals surface area (Å²) in [5.41, 5.74) is 8.26. The molecule has 0 aliphatic carbocycles. The van der Waals surface area contributed by atoms with Crippen LogP contribution >= 0.6 is 27.3 Å². The molecular formula is C12H11BrN4S. The number of rotatable bonds is 3. The third-order valence-electron chi connectivity index (χ3n) is 2.80. The molecule has 0 fully saturated rings. The number of hydrogen-bond acceptors (Lipinski definition) is 4. The zero-order valence-corrected chi connectivity index (χ0v) is 11.9. The Balaban J connectivity index is 1.90. The van der Waals surface area contributed by atoms with E-state index in [9.17, 15) is 0 Å². The molecule has 0 aliphatic rings. The molecule has 0 amide bonds. The van der Waals surface area contributed by atoms with Gasteiger partial charge in [0.2, 0.25) is 0 Å². The van der Waals surface area contributed by atoms with E-state index in [0.29, 0.717) is 0 Å². The molecule has 1 unspecified atom stereocenters. The maximum absolute atomic E-state index is 6.26. The van der Waals surface area contributed by atoms with E-state index in [1.165, 1.54) is 4.88 Å². The van der Waals surface area contributed by atoms with Crippen LogP contribution in [0.3, 0.4) is 0 Å². The van der Waals surface area contributed by atoms with Crippen LogP contribution in [0, 0.1) is 0 Å². The summed E-state index contributed by atoms with van der Waals surface area (Å²) in [6, 6.07) is 4.08. The Hall–Kier alpha value is -1.24. The minimum Gasteiger partial charge on any atom is -0.324 e. The molecule has 92 valence electrons. The molecule has 6 heteroatoms. The lowest BCUT2D eigenvalue weighted by Crippen LogP contribution is -2.12. The fourth-order valence-electron chi connectivity index (χ4n) is 1.93. The first-order valence-corrected chi connectivity index (χ1v) is 7.12. The highest BCUT2D eigenvalue weighted by Crippen LogP contribution is 2.27. The van der Waals surface area contributed by atoms with Crippen molar-refractivity contribution >= 4 is 32.8 Å². The lowest BCUT2D eigenvalue weighted by molar-refractivity contribution is 0.736. The van der Waals surface area contributed by atoms with Gasteiger partial charge in [-0.1, -0.05) is 0 Å². The number of halogens is 1. The standard InChI is InChI=1S/C12H11BrN4S/c13-12-2-1-8(18-12)5-10(14)9-6-16-17-4-3-15-7-11(9)17/h1-4,6-7,10H,5,14H2. The molecule has 0 bridgehead atoms. The van der Waals surface area contributed by atoms with Crippen LogP contribution < -0.4 is 5.73 Å². The van der Waals surface area contributed by atoms with Crippen LogP contribution in [0.4, 0.5) is 0 Å². The average Bonchev–Trinajstić information content (AvgIpc) is 2.95. The molecule has 0 saturated heterocycles. The van der Waals surface area contributed by atoms with Crippen molar-refractivity contribution in [2.75, 3.05) is 0 Å². The zero-order valence-electron chi connectivity index (χ0n) is 9.45. The van der Waals surface area contributed by atoms with Gasteiger partial charge in [-0.3, -0.25) is 4.98 Å². The van der Waals surface area contributed by atoms with Crippen molar-refractivity contribution in [1.29, 1.82) is 0 Å². The fraction of sp³-hybridized carbons (Fsp3) is 0.167. The molecule has 2 N–H and O–H groups in total. The van der Waals surface area contributed by atoms with E-state index in [2.05, 4.69) is 32.1 Å². The SMILES string of the molecule is NC(Cc1ccc(Br)s1)c1cnn2ccncc12. The molecule has 18 heavy (non-hydrogen) atoms. The first kappa shape index (κ1) is 11.8. The highest BCUT2D eigenvalue weighted by molar-refractivity contribution is 9.11. The minimum absolute atomic E-state index is 0.0581. The molecule has 0 saturated carbocycles. The fourth-order valence-corrected chi connectivity index (χ4v) is 3.47. The Morgan fingerprint density at radius 2 is 2.28 bits per heavy atom. The van der Waals surface area contributed by atoms with E-state index < -0.39 is 0 Å². The second kappa shape index (κ2) is 4.79. The van der Waals surface area contributed by atoms with Crippen LogP contribution in [0.5, 0.6) is 0 Å². The van der Waals surface area contributed by atoms with Crippen LogP contribution in [0.1, 0.15) is 16.5 Å². The van der Waals surface area contributed by atoms with E-state index in [-0.39, 0.29) is 6.04 Å². The lowest BCUT2D eigenvalue weighted by Gasteiger charge is -2.08. The van der Waals surface area contributed by atoms with Crippen molar-refractivity contribution in [3.63, 3.8) is 0 Å². The molecule has 3 rings (SSSR count). The third kappa shape index (κ3) is 2.19. The molecule has 0 aliphatic heterocycles. The first-order chi connectivity index (χ1) is 8.74. The summed E-state index contributed by atoms with van der Waals surface area (Å²) in [5.74, 6) is 0. The Labute approximate surface area is 117 Å². The van der Waals surface area contributed by atoms with Gasteiger partial charge in [0.25, 0.3) is 0 Å². The summed E-state index contributed by atoms with van der Waals surface area (Å²) in [5, 5.41) is 4.28. The monoisotopic (exact) mass is 322 g/mol. The maximum atomic E-state index is 6.26. The summed E-state index contributed by atoms with van der Waals surface area (Å²) in [7, 11) is 0. The Bertz CT molecular complexity index is 675. The largest absolute Gasteiger partial charge is 0.324 e. The average molecular weight is 323 g/mol. The summed E-state index contributed by atoms with van der Waals surface area (Å²) in [6.07, 6.45) is 7.97. The van der Waals surface area contributed by atoms with Gasteiger partial charge in [0, 0.05) is 35.3 Å².